The first-order valence-electron chi connectivity index (χ1n) is 7.13. The zero-order valence-electron chi connectivity index (χ0n) is 12.8. The molecular weight excluding hydrogens is 309 g/mol. The normalized spacial score (nSPS) is 20.5. The first kappa shape index (κ1) is 17.0. The van der Waals surface area contributed by atoms with Crippen molar-refractivity contribution in [1.29, 1.82) is 0 Å². The molecule has 3 N–H and O–H groups in total. The molecule has 0 saturated heterocycles. The Balaban J connectivity index is 1.78. The summed E-state index contributed by atoms with van der Waals surface area (Å²) >= 11 is 0. The van der Waals surface area contributed by atoms with Gasteiger partial charge in [0.2, 0.25) is 0 Å². The molecule has 2 heterocycles. The summed E-state index contributed by atoms with van der Waals surface area (Å²) in [7, 11) is -3.17. The maximum atomic E-state index is 12.2. The molecule has 2 rings (SSSR count). The van der Waals surface area contributed by atoms with Crippen LogP contribution in [0.4, 0.5) is 0 Å². The Labute approximate surface area is 129 Å². The quantitative estimate of drug-likeness (QED) is 0.471. The van der Waals surface area contributed by atoms with Gasteiger partial charge < -0.3 is 29.7 Å². The van der Waals surface area contributed by atoms with Gasteiger partial charge in [0.15, 0.2) is 6.17 Å². The SMILES string of the molecule is CCOP(=O)(COCCN1C=NC(N)=C2NC=NC21)OCC. The van der Waals surface area contributed by atoms with Crippen molar-refractivity contribution in [1.82, 2.24) is 10.2 Å². The van der Waals surface area contributed by atoms with E-state index < -0.39 is 7.60 Å². The number of rotatable bonds is 9. The van der Waals surface area contributed by atoms with Crippen molar-refractivity contribution >= 4 is 20.3 Å². The van der Waals surface area contributed by atoms with Gasteiger partial charge in [-0.1, -0.05) is 0 Å². The van der Waals surface area contributed by atoms with E-state index in [-0.39, 0.29) is 12.5 Å². The minimum Gasteiger partial charge on any atom is -0.382 e. The topological polar surface area (TPSA) is 111 Å². The van der Waals surface area contributed by atoms with E-state index in [9.17, 15) is 4.57 Å². The number of nitrogens with two attached hydrogens (primary N) is 1. The van der Waals surface area contributed by atoms with Crippen LogP contribution in [0.5, 0.6) is 0 Å². The third-order valence-corrected chi connectivity index (χ3v) is 4.83. The highest BCUT2D eigenvalue weighted by Gasteiger charge is 2.29. The average molecular weight is 331 g/mol. The van der Waals surface area contributed by atoms with E-state index >= 15 is 0 Å². The van der Waals surface area contributed by atoms with Crippen LogP contribution in [0.1, 0.15) is 13.8 Å². The summed E-state index contributed by atoms with van der Waals surface area (Å²) in [5, 5.41) is 2.97. The molecule has 0 saturated carbocycles. The maximum Gasteiger partial charge on any atom is 0.356 e. The fourth-order valence-corrected chi connectivity index (χ4v) is 3.45. The first-order chi connectivity index (χ1) is 10.6. The standard InChI is InChI=1S/C12H22N5O4P/c1-3-20-22(18,21-4-2)9-19-6-5-17-8-16-11(13)10-12(17)15-7-14-10/h7-8,12H,3-6,9,13H2,1-2H3,(H,14,15). The summed E-state index contributed by atoms with van der Waals surface area (Å²) in [4.78, 5) is 10.3. The van der Waals surface area contributed by atoms with Gasteiger partial charge in [0, 0.05) is 6.54 Å². The van der Waals surface area contributed by atoms with Crippen LogP contribution in [0.15, 0.2) is 21.5 Å². The summed E-state index contributed by atoms with van der Waals surface area (Å²) in [5.41, 5.74) is 6.53. The van der Waals surface area contributed by atoms with E-state index in [4.69, 9.17) is 19.5 Å². The highest BCUT2D eigenvalue weighted by molar-refractivity contribution is 7.53. The molecular formula is C12H22N5O4P. The van der Waals surface area contributed by atoms with Crippen LogP contribution in [-0.4, -0.2) is 56.5 Å². The molecule has 0 aromatic carbocycles. The van der Waals surface area contributed by atoms with Crippen LogP contribution in [0.2, 0.25) is 0 Å². The van der Waals surface area contributed by atoms with Crippen LogP contribution < -0.4 is 11.1 Å². The molecule has 1 atom stereocenters. The van der Waals surface area contributed by atoms with Gasteiger partial charge in [-0.2, -0.15) is 0 Å². The second-order valence-electron chi connectivity index (χ2n) is 4.56. The van der Waals surface area contributed by atoms with Gasteiger partial charge in [0.1, 0.15) is 17.9 Å². The number of aliphatic imine (C=N–C) groups is 2. The largest absolute Gasteiger partial charge is 0.382 e. The monoisotopic (exact) mass is 331 g/mol. The lowest BCUT2D eigenvalue weighted by Gasteiger charge is -2.28. The van der Waals surface area contributed by atoms with Crippen molar-refractivity contribution in [3.8, 4) is 0 Å². The van der Waals surface area contributed by atoms with Crippen molar-refractivity contribution in [2.45, 2.75) is 20.0 Å². The molecule has 124 valence electrons. The number of hydrogen-bond donors (Lipinski definition) is 2. The molecule has 0 spiro atoms. The molecule has 2 aliphatic heterocycles. The minimum atomic E-state index is -3.17. The Morgan fingerprint density at radius 2 is 2.14 bits per heavy atom. The molecule has 0 aliphatic carbocycles. The smallest absolute Gasteiger partial charge is 0.356 e. The summed E-state index contributed by atoms with van der Waals surface area (Å²) in [5.74, 6) is 0.428. The van der Waals surface area contributed by atoms with Crippen molar-refractivity contribution in [2.24, 2.45) is 15.7 Å². The fourth-order valence-electron chi connectivity index (χ4n) is 2.08. The fraction of sp³-hybridized carbons (Fsp3) is 0.667. The number of ether oxygens (including phenoxy) is 1. The van der Waals surface area contributed by atoms with E-state index in [2.05, 4.69) is 15.3 Å². The van der Waals surface area contributed by atoms with Crippen LogP contribution in [0.25, 0.3) is 0 Å². The van der Waals surface area contributed by atoms with Crippen LogP contribution in [0, 0.1) is 0 Å². The minimum absolute atomic E-state index is 0.0727. The molecule has 0 amide bonds. The lowest BCUT2D eigenvalue weighted by atomic mass is 10.3. The molecule has 9 nitrogen and oxygen atoms in total. The summed E-state index contributed by atoms with van der Waals surface area (Å²) in [6.45, 7) is 5.03. The van der Waals surface area contributed by atoms with Gasteiger partial charge in [0.05, 0.1) is 32.5 Å². The van der Waals surface area contributed by atoms with Gasteiger partial charge in [-0.25, -0.2) is 9.98 Å². The molecule has 22 heavy (non-hydrogen) atoms. The van der Waals surface area contributed by atoms with Gasteiger partial charge in [-0.3, -0.25) is 4.57 Å². The molecule has 1 unspecified atom stereocenters. The second kappa shape index (κ2) is 7.73. The number of nitrogens with zero attached hydrogens (tertiary/aromatic N) is 3. The molecule has 10 heteroatoms. The number of hydrogen-bond acceptors (Lipinski definition) is 9. The van der Waals surface area contributed by atoms with E-state index in [1.165, 1.54) is 0 Å². The summed E-state index contributed by atoms with van der Waals surface area (Å²) in [6.07, 6.45) is 2.94. The highest BCUT2D eigenvalue weighted by Crippen LogP contribution is 2.47. The Morgan fingerprint density at radius 1 is 1.41 bits per heavy atom. The van der Waals surface area contributed by atoms with E-state index in [1.54, 1.807) is 26.5 Å². The van der Waals surface area contributed by atoms with Crippen molar-refractivity contribution in [3.63, 3.8) is 0 Å². The highest BCUT2D eigenvalue weighted by atomic mass is 31.2. The predicted molar refractivity (Wildman–Crippen MR) is 83.5 cm³/mol. The van der Waals surface area contributed by atoms with Crippen molar-refractivity contribution in [2.75, 3.05) is 32.7 Å². The summed E-state index contributed by atoms with van der Waals surface area (Å²) in [6, 6.07) is 0. The van der Waals surface area contributed by atoms with Gasteiger partial charge in [-0.05, 0) is 13.8 Å². The molecule has 0 aromatic heterocycles. The third-order valence-electron chi connectivity index (χ3n) is 3.02. The van der Waals surface area contributed by atoms with Crippen LogP contribution >= 0.6 is 7.60 Å². The van der Waals surface area contributed by atoms with E-state index in [0.29, 0.717) is 32.2 Å². The predicted octanol–water partition coefficient (Wildman–Crippen LogP) is 0.656. The Kier molecular flexibility index (Phi) is 5.96. The van der Waals surface area contributed by atoms with Gasteiger partial charge >= 0.3 is 7.60 Å². The average Bonchev–Trinajstić information content (AvgIpc) is 2.97. The van der Waals surface area contributed by atoms with Gasteiger partial charge in [-0.15, -0.1) is 0 Å². The first-order valence-corrected chi connectivity index (χ1v) is 8.86. The van der Waals surface area contributed by atoms with Crippen LogP contribution in [-0.2, 0) is 18.3 Å². The molecule has 0 radical (unpaired) electrons. The van der Waals surface area contributed by atoms with Crippen LogP contribution in [0.3, 0.4) is 0 Å². The molecule has 2 aliphatic rings. The number of nitrogens with one attached hydrogen (secondary N) is 1. The second-order valence-corrected chi connectivity index (χ2v) is 6.56. The lowest BCUT2D eigenvalue weighted by Crippen LogP contribution is -2.40. The summed E-state index contributed by atoms with van der Waals surface area (Å²) < 4.78 is 28.0. The van der Waals surface area contributed by atoms with Crippen molar-refractivity contribution < 1.29 is 18.3 Å². The Hall–Kier alpha value is -1.41. The molecule has 0 bridgehead atoms. The Bertz CT molecular complexity index is 512. The van der Waals surface area contributed by atoms with E-state index in [1.807, 2.05) is 4.90 Å². The molecule has 0 fully saturated rings. The molecule has 0 aromatic rings. The van der Waals surface area contributed by atoms with Crippen molar-refractivity contribution in [3.05, 3.63) is 11.5 Å². The number of fused-ring (bicyclic) bond motifs is 1. The van der Waals surface area contributed by atoms with E-state index in [0.717, 1.165) is 5.70 Å². The lowest BCUT2D eigenvalue weighted by molar-refractivity contribution is 0.119. The maximum absolute atomic E-state index is 12.2. The third kappa shape index (κ3) is 4.07. The Morgan fingerprint density at radius 3 is 2.82 bits per heavy atom. The van der Waals surface area contributed by atoms with Gasteiger partial charge in [0.25, 0.3) is 0 Å². The zero-order valence-corrected chi connectivity index (χ0v) is 13.7. The zero-order chi connectivity index (χ0) is 16.0.